The van der Waals surface area contributed by atoms with Crippen LogP contribution < -0.4 is 5.32 Å². The van der Waals surface area contributed by atoms with Gasteiger partial charge in [0, 0.05) is 39.1 Å². The smallest absolute Gasteiger partial charge is 0.221 e. The molecule has 2 fully saturated rings. The summed E-state index contributed by atoms with van der Waals surface area (Å²) in [6.07, 6.45) is 3.06. The molecule has 0 radical (unpaired) electrons. The molecule has 2 aromatic carbocycles. The van der Waals surface area contributed by atoms with E-state index in [1.54, 1.807) is 0 Å². The molecule has 0 aromatic heterocycles. The van der Waals surface area contributed by atoms with Crippen molar-refractivity contribution in [2.45, 2.75) is 32.0 Å². The minimum absolute atomic E-state index is 0.212. The number of carbonyl (C=O) groups excluding carboxylic acids is 1. The van der Waals surface area contributed by atoms with Crippen molar-refractivity contribution in [2.24, 2.45) is 0 Å². The molecule has 2 aliphatic heterocycles. The third-order valence-electron chi connectivity index (χ3n) is 5.33. The van der Waals surface area contributed by atoms with Crippen LogP contribution in [0.1, 0.15) is 24.8 Å². The van der Waals surface area contributed by atoms with Gasteiger partial charge in [-0.3, -0.25) is 14.6 Å². The van der Waals surface area contributed by atoms with Gasteiger partial charge in [0.25, 0.3) is 0 Å². The zero-order valence-corrected chi connectivity index (χ0v) is 14.1. The second-order valence-electron chi connectivity index (χ2n) is 6.93. The molecule has 4 rings (SSSR count). The summed E-state index contributed by atoms with van der Waals surface area (Å²) in [6, 6.07) is 15.2. The number of piperazine rings is 1. The predicted octanol–water partition coefficient (Wildman–Crippen LogP) is 2.58. The number of carbonyl (C=O) groups is 1. The molecule has 2 aliphatic rings. The number of fused-ring (bicyclic) bond motifs is 1. The van der Waals surface area contributed by atoms with E-state index in [1.807, 2.05) is 0 Å². The second-order valence-corrected chi connectivity index (χ2v) is 6.93. The minimum atomic E-state index is 0.212. The van der Waals surface area contributed by atoms with E-state index >= 15 is 0 Å². The van der Waals surface area contributed by atoms with Gasteiger partial charge >= 0.3 is 0 Å². The fraction of sp³-hybridized carbons (Fsp3) is 0.450. The number of piperidine rings is 1. The SMILES string of the molecule is O=C1CCCC(N2CCN(Cc3cccc4ccccc34)CC2)N1. The van der Waals surface area contributed by atoms with Crippen LogP contribution in [0.4, 0.5) is 0 Å². The summed E-state index contributed by atoms with van der Waals surface area (Å²) in [5, 5.41) is 5.82. The molecule has 4 nitrogen and oxygen atoms in total. The topological polar surface area (TPSA) is 35.6 Å². The second kappa shape index (κ2) is 6.91. The maximum atomic E-state index is 11.6. The minimum Gasteiger partial charge on any atom is -0.341 e. The lowest BCUT2D eigenvalue weighted by atomic mass is 10.0. The first-order valence-corrected chi connectivity index (χ1v) is 9.02. The quantitative estimate of drug-likeness (QED) is 0.943. The fourth-order valence-electron chi connectivity index (χ4n) is 3.96. The average Bonchev–Trinajstić information content (AvgIpc) is 2.63. The van der Waals surface area contributed by atoms with Crippen LogP contribution >= 0.6 is 0 Å². The molecule has 0 spiro atoms. The molecule has 126 valence electrons. The average molecular weight is 323 g/mol. The number of rotatable bonds is 3. The van der Waals surface area contributed by atoms with Gasteiger partial charge in [-0.15, -0.1) is 0 Å². The maximum Gasteiger partial charge on any atom is 0.221 e. The van der Waals surface area contributed by atoms with Crippen molar-refractivity contribution in [3.63, 3.8) is 0 Å². The first-order chi connectivity index (χ1) is 11.8. The Kier molecular flexibility index (Phi) is 4.50. The van der Waals surface area contributed by atoms with Crippen LogP contribution in [0.2, 0.25) is 0 Å². The van der Waals surface area contributed by atoms with Crippen molar-refractivity contribution in [3.8, 4) is 0 Å². The van der Waals surface area contributed by atoms with Crippen LogP contribution in [0, 0.1) is 0 Å². The Hall–Kier alpha value is -1.91. The standard InChI is InChI=1S/C20H25N3O/c24-20-10-4-9-19(21-20)23-13-11-22(12-14-23)15-17-7-3-6-16-5-1-2-8-18(16)17/h1-3,5-8,19H,4,9-15H2,(H,21,24). The molecule has 4 heteroatoms. The lowest BCUT2D eigenvalue weighted by Gasteiger charge is -2.40. The van der Waals surface area contributed by atoms with Gasteiger partial charge in [-0.1, -0.05) is 42.5 Å². The largest absolute Gasteiger partial charge is 0.341 e. The summed E-state index contributed by atoms with van der Waals surface area (Å²) < 4.78 is 0. The van der Waals surface area contributed by atoms with Crippen LogP contribution in [0.5, 0.6) is 0 Å². The number of hydrogen-bond acceptors (Lipinski definition) is 3. The van der Waals surface area contributed by atoms with Crippen molar-refractivity contribution < 1.29 is 4.79 Å². The van der Waals surface area contributed by atoms with Gasteiger partial charge in [0.15, 0.2) is 0 Å². The summed E-state index contributed by atoms with van der Waals surface area (Å²) >= 11 is 0. The van der Waals surface area contributed by atoms with Gasteiger partial charge in [-0.05, 0) is 29.2 Å². The van der Waals surface area contributed by atoms with Crippen LogP contribution in [-0.2, 0) is 11.3 Å². The van der Waals surface area contributed by atoms with Crippen molar-refractivity contribution in [1.29, 1.82) is 0 Å². The summed E-state index contributed by atoms with van der Waals surface area (Å²) in [6.45, 7) is 5.21. The molecular weight excluding hydrogens is 298 g/mol. The Bertz CT molecular complexity index is 716. The van der Waals surface area contributed by atoms with E-state index in [0.717, 1.165) is 45.6 Å². The molecule has 1 N–H and O–H groups in total. The third kappa shape index (κ3) is 3.30. The normalized spacial score (nSPS) is 23.3. The zero-order chi connectivity index (χ0) is 16.4. The molecule has 24 heavy (non-hydrogen) atoms. The Labute approximate surface area is 143 Å². The van der Waals surface area contributed by atoms with Crippen LogP contribution in [-0.4, -0.2) is 48.1 Å². The number of amides is 1. The number of hydrogen-bond donors (Lipinski definition) is 1. The van der Waals surface area contributed by atoms with Gasteiger partial charge in [-0.25, -0.2) is 0 Å². The van der Waals surface area contributed by atoms with E-state index in [-0.39, 0.29) is 12.1 Å². The molecule has 1 atom stereocenters. The highest BCUT2D eigenvalue weighted by Crippen LogP contribution is 2.21. The van der Waals surface area contributed by atoms with Gasteiger partial charge in [-0.2, -0.15) is 0 Å². The Balaban J connectivity index is 1.38. The van der Waals surface area contributed by atoms with Crippen molar-refractivity contribution in [3.05, 3.63) is 48.0 Å². The maximum absolute atomic E-state index is 11.6. The van der Waals surface area contributed by atoms with Crippen LogP contribution in [0.25, 0.3) is 10.8 Å². The molecule has 2 saturated heterocycles. The molecule has 0 aliphatic carbocycles. The summed E-state index contributed by atoms with van der Waals surface area (Å²) in [7, 11) is 0. The van der Waals surface area contributed by atoms with E-state index in [2.05, 4.69) is 57.6 Å². The first kappa shape index (κ1) is 15.6. The van der Waals surface area contributed by atoms with Crippen molar-refractivity contribution in [1.82, 2.24) is 15.1 Å². The predicted molar refractivity (Wildman–Crippen MR) is 96.6 cm³/mol. The lowest BCUT2D eigenvalue weighted by molar-refractivity contribution is -0.125. The molecule has 2 aromatic rings. The van der Waals surface area contributed by atoms with Crippen LogP contribution in [0.3, 0.4) is 0 Å². The molecule has 1 amide bonds. The highest BCUT2D eigenvalue weighted by atomic mass is 16.1. The Morgan fingerprint density at radius 3 is 2.62 bits per heavy atom. The van der Waals surface area contributed by atoms with Crippen molar-refractivity contribution >= 4 is 16.7 Å². The van der Waals surface area contributed by atoms with E-state index in [9.17, 15) is 4.79 Å². The van der Waals surface area contributed by atoms with Crippen molar-refractivity contribution in [2.75, 3.05) is 26.2 Å². The van der Waals surface area contributed by atoms with E-state index in [0.29, 0.717) is 6.42 Å². The third-order valence-corrected chi connectivity index (χ3v) is 5.33. The number of nitrogens with one attached hydrogen (secondary N) is 1. The zero-order valence-electron chi connectivity index (χ0n) is 14.1. The highest BCUT2D eigenvalue weighted by Gasteiger charge is 2.27. The van der Waals surface area contributed by atoms with Gasteiger partial charge in [0.05, 0.1) is 6.17 Å². The summed E-state index contributed by atoms with van der Waals surface area (Å²) in [5.74, 6) is 0.212. The van der Waals surface area contributed by atoms with Gasteiger partial charge in [0.1, 0.15) is 0 Å². The van der Waals surface area contributed by atoms with E-state index in [4.69, 9.17) is 0 Å². The van der Waals surface area contributed by atoms with E-state index < -0.39 is 0 Å². The lowest BCUT2D eigenvalue weighted by Crippen LogP contribution is -2.56. The van der Waals surface area contributed by atoms with Crippen LogP contribution in [0.15, 0.2) is 42.5 Å². The monoisotopic (exact) mass is 323 g/mol. The summed E-state index contributed by atoms with van der Waals surface area (Å²) in [4.78, 5) is 16.6. The Morgan fingerprint density at radius 2 is 1.79 bits per heavy atom. The molecule has 2 heterocycles. The van der Waals surface area contributed by atoms with Gasteiger partial charge in [0.2, 0.25) is 5.91 Å². The molecule has 0 bridgehead atoms. The van der Waals surface area contributed by atoms with E-state index in [1.165, 1.54) is 16.3 Å². The summed E-state index contributed by atoms with van der Waals surface area (Å²) in [5.41, 5.74) is 1.41. The number of benzene rings is 2. The van der Waals surface area contributed by atoms with Gasteiger partial charge < -0.3 is 5.32 Å². The fourth-order valence-corrected chi connectivity index (χ4v) is 3.96. The first-order valence-electron chi connectivity index (χ1n) is 9.02. The molecular formula is C20H25N3O. The Morgan fingerprint density at radius 1 is 1.00 bits per heavy atom. The molecule has 0 saturated carbocycles. The molecule has 1 unspecified atom stereocenters. The number of nitrogens with zero attached hydrogens (tertiary/aromatic N) is 2. The highest BCUT2D eigenvalue weighted by molar-refractivity contribution is 5.85.